The van der Waals surface area contributed by atoms with Gasteiger partial charge in [0.25, 0.3) is 11.8 Å². The normalized spacial score (nSPS) is 12.7. The third-order valence-electron chi connectivity index (χ3n) is 4.69. The Kier molecular flexibility index (Phi) is 6.80. The quantitative estimate of drug-likeness (QED) is 0.700. The third kappa shape index (κ3) is 4.58. The molecule has 0 bridgehead atoms. The smallest absolute Gasteiger partial charge is 0.256 e. The Morgan fingerprint density at radius 3 is 2.86 bits per heavy atom. The molecule has 0 saturated heterocycles. The minimum absolute atomic E-state index is 0.156. The number of carbonyl (C=O) groups excluding carboxylic acids is 2. The van der Waals surface area contributed by atoms with Crippen molar-refractivity contribution in [3.8, 4) is 6.07 Å². The van der Waals surface area contributed by atoms with Gasteiger partial charge in [0.05, 0.1) is 17.2 Å². The number of methoxy groups -OCH3 is 1. The van der Waals surface area contributed by atoms with Crippen molar-refractivity contribution in [2.75, 3.05) is 25.6 Å². The van der Waals surface area contributed by atoms with Gasteiger partial charge >= 0.3 is 0 Å². The van der Waals surface area contributed by atoms with E-state index >= 15 is 0 Å². The van der Waals surface area contributed by atoms with Gasteiger partial charge in [-0.25, -0.2) is 0 Å². The Labute approximate surface area is 168 Å². The summed E-state index contributed by atoms with van der Waals surface area (Å²) in [5, 5.41) is 15.5. The molecule has 0 saturated carbocycles. The Morgan fingerprint density at radius 2 is 2.07 bits per heavy atom. The standard InChI is InChI=1S/C21H23N3O3S/c1-27-11-5-10-23-20(26)18-16-8-2-3-9-17(16)28-21(18)24-19(25)15-7-4-6-14(12-15)13-22/h4,6-7,12H,2-3,5,8-11H2,1H3,(H,23,26)(H,24,25). The summed E-state index contributed by atoms with van der Waals surface area (Å²) in [4.78, 5) is 26.7. The predicted octanol–water partition coefficient (Wildman–Crippen LogP) is 3.52. The molecule has 1 aliphatic carbocycles. The molecule has 2 aromatic rings. The van der Waals surface area contributed by atoms with Gasteiger partial charge in [0, 0.05) is 30.7 Å². The maximum Gasteiger partial charge on any atom is 0.256 e. The molecule has 2 amide bonds. The molecule has 1 aromatic heterocycles. The van der Waals surface area contributed by atoms with Crippen molar-refractivity contribution in [1.29, 1.82) is 5.26 Å². The Hall–Kier alpha value is -2.69. The second-order valence-electron chi connectivity index (χ2n) is 6.66. The van der Waals surface area contributed by atoms with Crippen LogP contribution in [0.3, 0.4) is 0 Å². The molecule has 0 spiro atoms. The van der Waals surface area contributed by atoms with E-state index in [0.29, 0.717) is 34.8 Å². The molecule has 0 atom stereocenters. The van der Waals surface area contributed by atoms with Crippen molar-refractivity contribution in [3.63, 3.8) is 0 Å². The number of benzene rings is 1. The van der Waals surface area contributed by atoms with Gasteiger partial charge in [-0.1, -0.05) is 6.07 Å². The van der Waals surface area contributed by atoms with Gasteiger partial charge in [-0.3, -0.25) is 9.59 Å². The maximum absolute atomic E-state index is 12.8. The second kappa shape index (κ2) is 9.49. The highest BCUT2D eigenvalue weighted by Crippen LogP contribution is 2.38. The van der Waals surface area contributed by atoms with Crippen LogP contribution in [-0.4, -0.2) is 32.1 Å². The lowest BCUT2D eigenvalue weighted by Crippen LogP contribution is -2.27. The van der Waals surface area contributed by atoms with Crippen LogP contribution in [0, 0.1) is 11.3 Å². The van der Waals surface area contributed by atoms with Crippen molar-refractivity contribution >= 4 is 28.2 Å². The van der Waals surface area contributed by atoms with Gasteiger partial charge < -0.3 is 15.4 Å². The molecule has 7 heteroatoms. The summed E-state index contributed by atoms with van der Waals surface area (Å²) < 4.78 is 5.02. The van der Waals surface area contributed by atoms with E-state index in [2.05, 4.69) is 10.6 Å². The van der Waals surface area contributed by atoms with Crippen LogP contribution in [0.1, 0.15) is 56.0 Å². The summed E-state index contributed by atoms with van der Waals surface area (Å²) in [7, 11) is 1.63. The molecule has 0 aliphatic heterocycles. The number of amides is 2. The van der Waals surface area contributed by atoms with Gasteiger partial charge in [0.15, 0.2) is 0 Å². The van der Waals surface area contributed by atoms with Crippen molar-refractivity contribution in [1.82, 2.24) is 5.32 Å². The first-order chi connectivity index (χ1) is 13.6. The number of hydrogen-bond acceptors (Lipinski definition) is 5. The van der Waals surface area contributed by atoms with Crippen molar-refractivity contribution in [2.24, 2.45) is 0 Å². The highest BCUT2D eigenvalue weighted by atomic mass is 32.1. The first-order valence-corrected chi connectivity index (χ1v) is 10.2. The number of nitriles is 1. The number of rotatable bonds is 7. The van der Waals surface area contributed by atoms with Crippen LogP contribution >= 0.6 is 11.3 Å². The lowest BCUT2D eigenvalue weighted by atomic mass is 9.95. The largest absolute Gasteiger partial charge is 0.385 e. The number of anilines is 1. The fourth-order valence-electron chi connectivity index (χ4n) is 3.31. The van der Waals surface area contributed by atoms with Crippen molar-refractivity contribution in [2.45, 2.75) is 32.1 Å². The average Bonchev–Trinajstić information content (AvgIpc) is 3.09. The zero-order valence-corrected chi connectivity index (χ0v) is 16.7. The summed E-state index contributed by atoms with van der Waals surface area (Å²) in [5.74, 6) is -0.472. The molecule has 28 heavy (non-hydrogen) atoms. The fraction of sp³-hybridized carbons (Fsp3) is 0.381. The van der Waals surface area contributed by atoms with E-state index in [1.165, 1.54) is 16.2 Å². The molecule has 146 valence electrons. The van der Waals surface area contributed by atoms with Crippen LogP contribution < -0.4 is 10.6 Å². The molecule has 0 radical (unpaired) electrons. The van der Waals surface area contributed by atoms with E-state index in [-0.39, 0.29) is 11.8 Å². The maximum atomic E-state index is 12.8. The van der Waals surface area contributed by atoms with E-state index in [1.807, 2.05) is 6.07 Å². The molecule has 1 aromatic carbocycles. The van der Waals surface area contributed by atoms with E-state index in [0.717, 1.165) is 37.7 Å². The van der Waals surface area contributed by atoms with Gasteiger partial charge in [-0.2, -0.15) is 5.26 Å². The second-order valence-corrected chi connectivity index (χ2v) is 7.77. The molecule has 0 fully saturated rings. The number of carbonyl (C=O) groups is 2. The van der Waals surface area contributed by atoms with Crippen molar-refractivity contribution < 1.29 is 14.3 Å². The molecular weight excluding hydrogens is 374 g/mol. The first-order valence-electron chi connectivity index (χ1n) is 9.37. The number of nitrogens with zero attached hydrogens (tertiary/aromatic N) is 1. The van der Waals surface area contributed by atoms with E-state index in [9.17, 15) is 9.59 Å². The summed E-state index contributed by atoms with van der Waals surface area (Å²) in [6.45, 7) is 1.11. The van der Waals surface area contributed by atoms with Crippen LogP contribution in [0.2, 0.25) is 0 Å². The van der Waals surface area contributed by atoms with Crippen LogP contribution in [0.25, 0.3) is 0 Å². The molecule has 3 rings (SSSR count). The highest BCUT2D eigenvalue weighted by molar-refractivity contribution is 7.17. The number of hydrogen-bond donors (Lipinski definition) is 2. The monoisotopic (exact) mass is 397 g/mol. The zero-order valence-electron chi connectivity index (χ0n) is 15.8. The van der Waals surface area contributed by atoms with Crippen LogP contribution in [-0.2, 0) is 17.6 Å². The van der Waals surface area contributed by atoms with Gasteiger partial charge in [-0.15, -0.1) is 11.3 Å². The van der Waals surface area contributed by atoms with Crippen LogP contribution in [0.5, 0.6) is 0 Å². The van der Waals surface area contributed by atoms with E-state index in [1.54, 1.807) is 31.4 Å². The number of thiophene rings is 1. The summed E-state index contributed by atoms with van der Waals surface area (Å²) in [6.07, 6.45) is 4.67. The predicted molar refractivity (Wildman–Crippen MR) is 109 cm³/mol. The van der Waals surface area contributed by atoms with E-state index in [4.69, 9.17) is 10.00 Å². The number of ether oxygens (including phenoxy) is 1. The molecule has 6 nitrogen and oxygen atoms in total. The van der Waals surface area contributed by atoms with E-state index < -0.39 is 0 Å². The van der Waals surface area contributed by atoms with Gasteiger partial charge in [0.1, 0.15) is 5.00 Å². The Balaban J connectivity index is 1.83. The minimum atomic E-state index is -0.316. The number of nitrogens with one attached hydrogen (secondary N) is 2. The Bertz CT molecular complexity index is 914. The minimum Gasteiger partial charge on any atom is -0.385 e. The summed E-state index contributed by atoms with van der Waals surface area (Å²) >= 11 is 1.48. The Morgan fingerprint density at radius 1 is 1.25 bits per heavy atom. The van der Waals surface area contributed by atoms with Crippen LogP contribution in [0.4, 0.5) is 5.00 Å². The first kappa shape index (κ1) is 20.1. The molecular formula is C21H23N3O3S. The lowest BCUT2D eigenvalue weighted by Gasteiger charge is -2.13. The van der Waals surface area contributed by atoms with Gasteiger partial charge in [-0.05, 0) is 55.9 Å². The van der Waals surface area contributed by atoms with Crippen LogP contribution in [0.15, 0.2) is 24.3 Å². The summed E-state index contributed by atoms with van der Waals surface area (Å²) in [6, 6.07) is 8.58. The molecule has 2 N–H and O–H groups in total. The SMILES string of the molecule is COCCCNC(=O)c1c(NC(=O)c2cccc(C#N)c2)sc2c1CCCC2. The number of fused-ring (bicyclic) bond motifs is 1. The third-order valence-corrected chi connectivity index (χ3v) is 5.90. The number of aryl methyl sites for hydroxylation is 1. The van der Waals surface area contributed by atoms with Gasteiger partial charge in [0.2, 0.25) is 0 Å². The fourth-order valence-corrected chi connectivity index (χ4v) is 4.59. The summed E-state index contributed by atoms with van der Waals surface area (Å²) in [5.41, 5.74) is 2.47. The van der Waals surface area contributed by atoms with Crippen molar-refractivity contribution in [3.05, 3.63) is 51.4 Å². The topological polar surface area (TPSA) is 91.2 Å². The zero-order chi connectivity index (χ0) is 19.9. The highest BCUT2D eigenvalue weighted by Gasteiger charge is 2.26. The molecule has 0 unspecified atom stereocenters. The molecule has 1 heterocycles. The average molecular weight is 398 g/mol. The lowest BCUT2D eigenvalue weighted by molar-refractivity contribution is 0.0948. The molecule has 1 aliphatic rings.